The number of sulfone groups is 1. The van der Waals surface area contributed by atoms with E-state index in [0.717, 1.165) is 0 Å². The second-order valence-corrected chi connectivity index (χ2v) is 8.62. The van der Waals surface area contributed by atoms with Gasteiger partial charge in [0.15, 0.2) is 9.84 Å². The SMILES string of the molecule is CCC(=O)N1CCN(C(=O)Nc2cccc(C#N)c2)[C@H]2CS(=O)(=O)C[C@H]21. The van der Waals surface area contributed by atoms with E-state index in [1.807, 2.05) is 6.07 Å². The molecule has 0 radical (unpaired) electrons. The Balaban J connectivity index is 1.81. The topological polar surface area (TPSA) is 111 Å². The standard InChI is InChI=1S/C17H20N4O4S/c1-2-16(22)20-6-7-21(15-11-26(24,25)10-14(15)20)17(23)19-13-5-3-4-12(8-13)9-18/h3-5,8,14-15H,2,6-7,10-11H2,1H3,(H,19,23)/t14-,15+/m1/s1. The van der Waals surface area contributed by atoms with Gasteiger partial charge >= 0.3 is 6.03 Å². The largest absolute Gasteiger partial charge is 0.335 e. The number of urea groups is 1. The third-order valence-corrected chi connectivity index (χ3v) is 6.50. The lowest BCUT2D eigenvalue weighted by Crippen LogP contribution is -2.62. The molecule has 0 unspecified atom stereocenters. The molecule has 3 rings (SSSR count). The number of benzene rings is 1. The zero-order valence-corrected chi connectivity index (χ0v) is 15.2. The minimum Gasteiger partial charge on any atom is -0.335 e. The second-order valence-electron chi connectivity index (χ2n) is 6.47. The number of carbonyl (C=O) groups is 2. The number of rotatable bonds is 2. The summed E-state index contributed by atoms with van der Waals surface area (Å²) in [6.45, 7) is 2.32. The van der Waals surface area contributed by atoms with Crippen molar-refractivity contribution in [3.63, 3.8) is 0 Å². The molecule has 2 heterocycles. The number of piperazine rings is 1. The molecule has 3 amide bonds. The summed E-state index contributed by atoms with van der Waals surface area (Å²) in [6.07, 6.45) is 0.302. The number of nitrogens with zero attached hydrogens (tertiary/aromatic N) is 3. The third-order valence-electron chi connectivity index (χ3n) is 4.80. The van der Waals surface area contributed by atoms with Gasteiger partial charge in [-0.3, -0.25) is 4.79 Å². The Morgan fingerprint density at radius 2 is 1.88 bits per heavy atom. The Bertz CT molecular complexity index is 877. The lowest BCUT2D eigenvalue weighted by Gasteiger charge is -2.43. The fraction of sp³-hybridized carbons (Fsp3) is 0.471. The zero-order chi connectivity index (χ0) is 18.9. The van der Waals surface area contributed by atoms with Crippen molar-refractivity contribution in [2.24, 2.45) is 0 Å². The molecule has 138 valence electrons. The van der Waals surface area contributed by atoms with Crippen molar-refractivity contribution in [1.29, 1.82) is 5.26 Å². The maximum Gasteiger partial charge on any atom is 0.322 e. The van der Waals surface area contributed by atoms with Crippen LogP contribution in [0.3, 0.4) is 0 Å². The van der Waals surface area contributed by atoms with Gasteiger partial charge in [0.25, 0.3) is 0 Å². The van der Waals surface area contributed by atoms with Crippen molar-refractivity contribution in [2.45, 2.75) is 25.4 Å². The van der Waals surface area contributed by atoms with Crippen molar-refractivity contribution in [3.8, 4) is 6.07 Å². The number of nitrogens with one attached hydrogen (secondary N) is 1. The first-order valence-corrected chi connectivity index (χ1v) is 10.2. The Morgan fingerprint density at radius 3 is 2.54 bits per heavy atom. The van der Waals surface area contributed by atoms with E-state index in [9.17, 15) is 18.0 Å². The lowest BCUT2D eigenvalue weighted by molar-refractivity contribution is -0.135. The van der Waals surface area contributed by atoms with Gasteiger partial charge in [0.1, 0.15) is 0 Å². The number of hydrogen-bond acceptors (Lipinski definition) is 5. The summed E-state index contributed by atoms with van der Waals surface area (Å²) >= 11 is 0. The summed E-state index contributed by atoms with van der Waals surface area (Å²) in [7, 11) is -3.31. The highest BCUT2D eigenvalue weighted by Crippen LogP contribution is 2.28. The normalized spacial score (nSPS) is 23.8. The molecule has 0 bridgehead atoms. The van der Waals surface area contributed by atoms with Crippen LogP contribution < -0.4 is 5.32 Å². The van der Waals surface area contributed by atoms with Crippen LogP contribution in [0, 0.1) is 11.3 Å². The average Bonchev–Trinajstić information content (AvgIpc) is 2.94. The van der Waals surface area contributed by atoms with Crippen LogP contribution >= 0.6 is 0 Å². The van der Waals surface area contributed by atoms with Gasteiger partial charge < -0.3 is 15.1 Å². The Labute approximate surface area is 152 Å². The maximum atomic E-state index is 12.7. The maximum absolute atomic E-state index is 12.7. The molecule has 2 aliphatic rings. The van der Waals surface area contributed by atoms with E-state index in [4.69, 9.17) is 5.26 Å². The van der Waals surface area contributed by atoms with Gasteiger partial charge in [-0.25, -0.2) is 13.2 Å². The van der Waals surface area contributed by atoms with Crippen molar-refractivity contribution in [3.05, 3.63) is 29.8 Å². The van der Waals surface area contributed by atoms with E-state index < -0.39 is 28.0 Å². The molecule has 2 fully saturated rings. The highest BCUT2D eigenvalue weighted by molar-refractivity contribution is 7.91. The molecule has 0 saturated carbocycles. The predicted molar refractivity (Wildman–Crippen MR) is 95.1 cm³/mol. The molecule has 0 aromatic heterocycles. The number of fused-ring (bicyclic) bond motifs is 1. The predicted octanol–water partition coefficient (Wildman–Crippen LogP) is 0.810. The van der Waals surface area contributed by atoms with Crippen LogP contribution in [0.4, 0.5) is 10.5 Å². The molecule has 0 aliphatic carbocycles. The molecule has 9 heteroatoms. The summed E-state index contributed by atoms with van der Waals surface area (Å²) in [4.78, 5) is 27.9. The highest BCUT2D eigenvalue weighted by Gasteiger charge is 2.49. The smallest absolute Gasteiger partial charge is 0.322 e. The van der Waals surface area contributed by atoms with Crippen LogP contribution in [-0.4, -0.2) is 66.8 Å². The number of carbonyl (C=O) groups excluding carboxylic acids is 2. The molecule has 1 N–H and O–H groups in total. The van der Waals surface area contributed by atoms with E-state index >= 15 is 0 Å². The lowest BCUT2D eigenvalue weighted by atomic mass is 10.0. The summed E-state index contributed by atoms with van der Waals surface area (Å²) in [5.74, 6) is -0.354. The minimum atomic E-state index is -3.31. The first-order chi connectivity index (χ1) is 12.3. The quantitative estimate of drug-likeness (QED) is 0.821. The van der Waals surface area contributed by atoms with Crippen molar-refractivity contribution in [1.82, 2.24) is 9.80 Å². The summed E-state index contributed by atoms with van der Waals surface area (Å²) < 4.78 is 24.3. The fourth-order valence-electron chi connectivity index (χ4n) is 3.58. The van der Waals surface area contributed by atoms with E-state index in [1.54, 1.807) is 36.1 Å². The van der Waals surface area contributed by atoms with E-state index in [-0.39, 0.29) is 24.0 Å². The molecule has 1 aromatic rings. The van der Waals surface area contributed by atoms with Gasteiger partial charge in [0, 0.05) is 25.2 Å². The van der Waals surface area contributed by atoms with Gasteiger partial charge in [0.05, 0.1) is 35.2 Å². The van der Waals surface area contributed by atoms with Gasteiger partial charge in [0.2, 0.25) is 5.91 Å². The van der Waals surface area contributed by atoms with Crippen LogP contribution in [0.25, 0.3) is 0 Å². The molecular weight excluding hydrogens is 356 g/mol. The second kappa shape index (κ2) is 6.96. The summed E-state index contributed by atoms with van der Waals surface area (Å²) in [5.41, 5.74) is 0.890. The Morgan fingerprint density at radius 1 is 1.23 bits per heavy atom. The van der Waals surface area contributed by atoms with E-state index in [2.05, 4.69) is 5.32 Å². The molecule has 2 aliphatic heterocycles. The third kappa shape index (κ3) is 3.51. The molecule has 2 saturated heterocycles. The molecule has 2 atom stereocenters. The van der Waals surface area contributed by atoms with Gasteiger partial charge in [-0.15, -0.1) is 0 Å². The van der Waals surface area contributed by atoms with Crippen molar-refractivity contribution >= 4 is 27.5 Å². The first-order valence-electron chi connectivity index (χ1n) is 8.42. The summed E-state index contributed by atoms with van der Waals surface area (Å²) in [5, 5.41) is 11.7. The van der Waals surface area contributed by atoms with Crippen molar-refractivity contribution < 1.29 is 18.0 Å². The first kappa shape index (κ1) is 18.2. The fourth-order valence-corrected chi connectivity index (χ4v) is 5.56. The Hall–Kier alpha value is -2.60. The Kier molecular flexibility index (Phi) is 4.87. The van der Waals surface area contributed by atoms with Crippen molar-refractivity contribution in [2.75, 3.05) is 29.9 Å². The number of nitriles is 1. The highest BCUT2D eigenvalue weighted by atomic mass is 32.2. The van der Waals surface area contributed by atoms with Gasteiger partial charge in [-0.05, 0) is 18.2 Å². The van der Waals surface area contributed by atoms with Crippen LogP contribution in [0.15, 0.2) is 24.3 Å². The summed E-state index contributed by atoms with van der Waals surface area (Å²) in [6, 6.07) is 7.04. The van der Waals surface area contributed by atoms with E-state index in [1.165, 1.54) is 4.90 Å². The van der Waals surface area contributed by atoms with Gasteiger partial charge in [-0.2, -0.15) is 5.26 Å². The number of amides is 3. The van der Waals surface area contributed by atoms with Crippen LogP contribution in [-0.2, 0) is 14.6 Å². The number of hydrogen-bond donors (Lipinski definition) is 1. The molecule has 0 spiro atoms. The van der Waals surface area contributed by atoms with Crippen LogP contribution in [0.1, 0.15) is 18.9 Å². The van der Waals surface area contributed by atoms with Crippen LogP contribution in [0.5, 0.6) is 0 Å². The molecular formula is C17H20N4O4S. The molecule has 1 aromatic carbocycles. The van der Waals surface area contributed by atoms with Gasteiger partial charge in [-0.1, -0.05) is 13.0 Å². The minimum absolute atomic E-state index is 0.0983. The number of anilines is 1. The van der Waals surface area contributed by atoms with E-state index in [0.29, 0.717) is 24.2 Å². The molecule has 8 nitrogen and oxygen atoms in total. The monoisotopic (exact) mass is 376 g/mol. The van der Waals surface area contributed by atoms with Crippen LogP contribution in [0.2, 0.25) is 0 Å². The average molecular weight is 376 g/mol. The zero-order valence-electron chi connectivity index (χ0n) is 14.4. The molecule has 26 heavy (non-hydrogen) atoms.